The Hall–Kier alpha value is -2.05. The Morgan fingerprint density at radius 1 is 1.31 bits per heavy atom. The molecule has 144 valence electrons. The van der Waals surface area contributed by atoms with Crippen LogP contribution in [0.2, 0.25) is 0 Å². The van der Waals surface area contributed by atoms with E-state index >= 15 is 0 Å². The van der Waals surface area contributed by atoms with E-state index in [-0.39, 0.29) is 36.0 Å². The molecule has 2 aromatic rings. The van der Waals surface area contributed by atoms with Gasteiger partial charge >= 0.3 is 5.97 Å². The van der Waals surface area contributed by atoms with Gasteiger partial charge in [-0.3, -0.25) is 4.79 Å². The standard InChI is InChI=1S/C19H26N2O4.ClH/c1-4-5-8-25-17-15-9-13(19(23)24)6-7-14(15)18(22)21(11-12(2)3)16(17)10-20;/h6-7,9,12H,4-5,8,10-11,20H2,1-3H3,(H,23,24);1H. The number of carboxylic acid groups (broad SMARTS) is 1. The van der Waals surface area contributed by atoms with Crippen LogP contribution < -0.4 is 16.0 Å². The van der Waals surface area contributed by atoms with E-state index < -0.39 is 5.97 Å². The van der Waals surface area contributed by atoms with Crippen molar-refractivity contribution in [3.05, 3.63) is 39.8 Å². The number of fused-ring (bicyclic) bond motifs is 1. The van der Waals surface area contributed by atoms with Crippen LogP contribution in [0.3, 0.4) is 0 Å². The van der Waals surface area contributed by atoms with Crippen LogP contribution in [0.25, 0.3) is 10.8 Å². The zero-order valence-corrected chi connectivity index (χ0v) is 16.3. The van der Waals surface area contributed by atoms with Crippen LogP contribution in [0.15, 0.2) is 23.0 Å². The van der Waals surface area contributed by atoms with Crippen LogP contribution in [0.1, 0.15) is 49.7 Å². The largest absolute Gasteiger partial charge is 0.491 e. The molecule has 0 aliphatic heterocycles. The molecule has 0 fully saturated rings. The van der Waals surface area contributed by atoms with Gasteiger partial charge in [0, 0.05) is 18.5 Å². The molecule has 0 aliphatic rings. The Bertz CT molecular complexity index is 830. The first-order chi connectivity index (χ1) is 11.9. The molecule has 7 heteroatoms. The number of aromatic carboxylic acids is 1. The summed E-state index contributed by atoms with van der Waals surface area (Å²) in [6, 6.07) is 4.51. The Kier molecular flexibility index (Phi) is 8.11. The number of benzene rings is 1. The van der Waals surface area contributed by atoms with E-state index in [9.17, 15) is 14.7 Å². The first-order valence-electron chi connectivity index (χ1n) is 8.66. The summed E-state index contributed by atoms with van der Waals surface area (Å²) in [5.41, 5.74) is 6.51. The molecular weight excluding hydrogens is 356 g/mol. The van der Waals surface area contributed by atoms with Crippen molar-refractivity contribution < 1.29 is 14.6 Å². The molecule has 0 unspecified atom stereocenters. The Labute approximate surface area is 159 Å². The minimum atomic E-state index is -1.04. The van der Waals surface area contributed by atoms with Gasteiger partial charge in [-0.1, -0.05) is 27.2 Å². The number of aromatic nitrogens is 1. The molecule has 0 amide bonds. The van der Waals surface area contributed by atoms with Crippen LogP contribution in [-0.2, 0) is 13.1 Å². The topological polar surface area (TPSA) is 94.5 Å². The number of halogens is 1. The third-order valence-corrected chi connectivity index (χ3v) is 4.06. The zero-order valence-electron chi connectivity index (χ0n) is 15.4. The van der Waals surface area contributed by atoms with Gasteiger partial charge in [0.15, 0.2) is 0 Å². The molecule has 0 atom stereocenters. The lowest BCUT2D eigenvalue weighted by Gasteiger charge is -2.20. The van der Waals surface area contributed by atoms with Crippen LogP contribution in [0.5, 0.6) is 5.75 Å². The Morgan fingerprint density at radius 3 is 2.54 bits per heavy atom. The van der Waals surface area contributed by atoms with Gasteiger partial charge in [0.1, 0.15) is 5.75 Å². The normalized spacial score (nSPS) is 10.8. The van der Waals surface area contributed by atoms with E-state index in [1.165, 1.54) is 12.1 Å². The summed E-state index contributed by atoms with van der Waals surface area (Å²) in [5, 5.41) is 10.2. The summed E-state index contributed by atoms with van der Waals surface area (Å²) in [4.78, 5) is 24.2. The number of ether oxygens (including phenoxy) is 1. The predicted octanol–water partition coefficient (Wildman–Crippen LogP) is 3.42. The quantitative estimate of drug-likeness (QED) is 0.682. The second kappa shape index (κ2) is 9.59. The molecule has 1 aromatic heterocycles. The predicted molar refractivity (Wildman–Crippen MR) is 106 cm³/mol. The van der Waals surface area contributed by atoms with E-state index in [2.05, 4.69) is 6.92 Å². The van der Waals surface area contributed by atoms with E-state index in [4.69, 9.17) is 10.5 Å². The van der Waals surface area contributed by atoms with Gasteiger partial charge in [-0.2, -0.15) is 0 Å². The first kappa shape index (κ1) is 22.0. The lowest BCUT2D eigenvalue weighted by Crippen LogP contribution is -2.28. The number of nitrogens with zero attached hydrogens (tertiary/aromatic N) is 1. The summed E-state index contributed by atoms with van der Waals surface area (Å²) < 4.78 is 7.62. The van der Waals surface area contributed by atoms with Crippen LogP contribution >= 0.6 is 12.4 Å². The highest BCUT2D eigenvalue weighted by molar-refractivity contribution is 5.96. The average molecular weight is 383 g/mol. The monoisotopic (exact) mass is 382 g/mol. The molecule has 3 N–H and O–H groups in total. The van der Waals surface area contributed by atoms with E-state index in [1.54, 1.807) is 10.6 Å². The summed E-state index contributed by atoms with van der Waals surface area (Å²) >= 11 is 0. The van der Waals surface area contributed by atoms with Gasteiger partial charge in [0.25, 0.3) is 5.56 Å². The summed E-state index contributed by atoms with van der Waals surface area (Å²) in [5.74, 6) is -0.251. The van der Waals surface area contributed by atoms with E-state index in [0.717, 1.165) is 12.8 Å². The van der Waals surface area contributed by atoms with Gasteiger partial charge in [-0.15, -0.1) is 12.4 Å². The van der Waals surface area contributed by atoms with Crippen LogP contribution in [-0.4, -0.2) is 22.2 Å². The van der Waals surface area contributed by atoms with Crippen molar-refractivity contribution in [3.63, 3.8) is 0 Å². The molecule has 1 aromatic carbocycles. The number of carbonyl (C=O) groups is 1. The highest BCUT2D eigenvalue weighted by Gasteiger charge is 2.19. The lowest BCUT2D eigenvalue weighted by atomic mass is 10.0. The molecule has 0 radical (unpaired) electrons. The highest BCUT2D eigenvalue weighted by atomic mass is 35.5. The molecule has 0 saturated heterocycles. The second-order valence-corrected chi connectivity index (χ2v) is 6.56. The average Bonchev–Trinajstić information content (AvgIpc) is 2.57. The third-order valence-electron chi connectivity index (χ3n) is 4.06. The summed E-state index contributed by atoms with van der Waals surface area (Å²) in [6.45, 7) is 7.30. The molecule has 1 heterocycles. The Balaban J connectivity index is 0.00000338. The zero-order chi connectivity index (χ0) is 18.6. The van der Waals surface area contributed by atoms with Gasteiger partial charge in [-0.05, 0) is 30.5 Å². The highest BCUT2D eigenvalue weighted by Crippen LogP contribution is 2.29. The van der Waals surface area contributed by atoms with Crippen molar-refractivity contribution in [2.75, 3.05) is 6.61 Å². The van der Waals surface area contributed by atoms with Crippen molar-refractivity contribution in [1.29, 1.82) is 0 Å². The minimum absolute atomic E-state index is 0. The summed E-state index contributed by atoms with van der Waals surface area (Å²) in [6.07, 6.45) is 1.84. The van der Waals surface area contributed by atoms with Crippen molar-refractivity contribution >= 4 is 29.1 Å². The van der Waals surface area contributed by atoms with E-state index in [1.807, 2.05) is 13.8 Å². The lowest BCUT2D eigenvalue weighted by molar-refractivity contribution is 0.0697. The maximum atomic E-state index is 12.9. The first-order valence-corrected chi connectivity index (χ1v) is 8.66. The fraction of sp³-hybridized carbons (Fsp3) is 0.474. The van der Waals surface area contributed by atoms with E-state index in [0.29, 0.717) is 35.4 Å². The SMILES string of the molecule is CCCCOc1c(CN)n(CC(C)C)c(=O)c2ccc(C(=O)O)cc12.Cl. The van der Waals surface area contributed by atoms with Crippen molar-refractivity contribution in [2.45, 2.75) is 46.7 Å². The molecule has 0 aliphatic carbocycles. The van der Waals surface area contributed by atoms with Gasteiger partial charge in [0.05, 0.1) is 23.3 Å². The Morgan fingerprint density at radius 2 is 2.00 bits per heavy atom. The molecule has 2 rings (SSSR count). The molecule has 6 nitrogen and oxygen atoms in total. The van der Waals surface area contributed by atoms with Gasteiger partial charge in [-0.25, -0.2) is 4.79 Å². The number of unbranched alkanes of at least 4 members (excludes halogenated alkanes) is 1. The fourth-order valence-electron chi connectivity index (χ4n) is 2.84. The maximum absolute atomic E-state index is 12.9. The maximum Gasteiger partial charge on any atom is 0.335 e. The molecule has 0 bridgehead atoms. The number of pyridine rings is 1. The fourth-order valence-corrected chi connectivity index (χ4v) is 2.84. The van der Waals surface area contributed by atoms with Crippen molar-refractivity contribution in [3.8, 4) is 5.75 Å². The molecular formula is C19H27ClN2O4. The van der Waals surface area contributed by atoms with Crippen molar-refractivity contribution in [1.82, 2.24) is 4.57 Å². The summed E-state index contributed by atoms with van der Waals surface area (Å²) in [7, 11) is 0. The smallest absolute Gasteiger partial charge is 0.335 e. The number of rotatable bonds is 8. The number of carboxylic acids is 1. The third kappa shape index (κ3) is 4.56. The second-order valence-electron chi connectivity index (χ2n) is 6.56. The number of hydrogen-bond acceptors (Lipinski definition) is 4. The number of nitrogens with two attached hydrogens (primary N) is 1. The van der Waals surface area contributed by atoms with Crippen LogP contribution in [0.4, 0.5) is 0 Å². The number of hydrogen-bond donors (Lipinski definition) is 2. The van der Waals surface area contributed by atoms with Crippen LogP contribution in [0, 0.1) is 5.92 Å². The molecule has 0 saturated carbocycles. The minimum Gasteiger partial charge on any atom is -0.491 e. The van der Waals surface area contributed by atoms with Crippen molar-refractivity contribution in [2.24, 2.45) is 11.7 Å². The van der Waals surface area contributed by atoms with Gasteiger partial charge < -0.3 is 20.1 Å². The molecule has 0 spiro atoms. The molecule has 26 heavy (non-hydrogen) atoms. The van der Waals surface area contributed by atoms with Gasteiger partial charge in [0.2, 0.25) is 0 Å².